The lowest BCUT2D eigenvalue weighted by Gasteiger charge is -2.33. The van der Waals surface area contributed by atoms with E-state index in [9.17, 15) is 9.59 Å². The van der Waals surface area contributed by atoms with Crippen LogP contribution in [0.5, 0.6) is 0 Å². The van der Waals surface area contributed by atoms with Gasteiger partial charge in [0, 0.05) is 13.2 Å². The smallest absolute Gasteiger partial charge is 0.245 e. The number of hydrogen-bond acceptors (Lipinski definition) is 3. The Hall–Kier alpha value is -1.10. The number of rotatable bonds is 8. The molecule has 2 amide bonds. The first-order valence-electron chi connectivity index (χ1n) is 7.56. The fourth-order valence-corrected chi connectivity index (χ4v) is 2.19. The van der Waals surface area contributed by atoms with Crippen LogP contribution < -0.4 is 5.32 Å². The van der Waals surface area contributed by atoms with Crippen LogP contribution in [-0.2, 0) is 14.3 Å². The van der Waals surface area contributed by atoms with Gasteiger partial charge < -0.3 is 15.0 Å². The number of hydrogen-bond donors (Lipinski definition) is 1. The molecule has 0 bridgehead atoms. The van der Waals surface area contributed by atoms with Crippen LogP contribution in [0.4, 0.5) is 0 Å². The van der Waals surface area contributed by atoms with Crippen molar-refractivity contribution < 1.29 is 14.3 Å². The topological polar surface area (TPSA) is 58.6 Å². The van der Waals surface area contributed by atoms with Gasteiger partial charge in [-0.25, -0.2) is 0 Å². The Bertz CT molecular complexity index is 329. The van der Waals surface area contributed by atoms with Gasteiger partial charge in [-0.2, -0.15) is 0 Å². The van der Waals surface area contributed by atoms with Gasteiger partial charge >= 0.3 is 0 Å². The van der Waals surface area contributed by atoms with Crippen molar-refractivity contribution in [3.05, 3.63) is 0 Å². The largest absolute Gasteiger partial charge is 0.380 e. The molecule has 0 radical (unpaired) electrons. The monoisotopic (exact) mass is 284 g/mol. The summed E-state index contributed by atoms with van der Waals surface area (Å²) in [7, 11) is 0. The molecule has 0 aliphatic carbocycles. The predicted octanol–water partition coefficient (Wildman–Crippen LogP) is 1.42. The molecule has 0 aromatic rings. The van der Waals surface area contributed by atoms with E-state index in [1.807, 2.05) is 13.8 Å². The zero-order valence-corrected chi connectivity index (χ0v) is 13.1. The highest BCUT2D eigenvalue weighted by Gasteiger charge is 2.32. The van der Waals surface area contributed by atoms with E-state index in [-0.39, 0.29) is 24.4 Å². The van der Waals surface area contributed by atoms with Gasteiger partial charge in [0.2, 0.25) is 11.8 Å². The average molecular weight is 284 g/mol. The highest BCUT2D eigenvalue weighted by Crippen LogP contribution is 2.11. The summed E-state index contributed by atoms with van der Waals surface area (Å²) < 4.78 is 5.52. The third kappa shape index (κ3) is 5.90. The SMILES string of the molecule is CC(C)CCOCCN1CC(=O)NC(CC(C)C)C1=O. The summed E-state index contributed by atoms with van der Waals surface area (Å²) in [5.74, 6) is 0.947. The van der Waals surface area contributed by atoms with E-state index in [2.05, 4.69) is 19.2 Å². The quantitative estimate of drug-likeness (QED) is 0.686. The summed E-state index contributed by atoms with van der Waals surface area (Å²) in [6.07, 6.45) is 1.71. The van der Waals surface area contributed by atoms with Crippen LogP contribution in [0.1, 0.15) is 40.5 Å². The molecule has 0 spiro atoms. The van der Waals surface area contributed by atoms with Gasteiger partial charge in [-0.15, -0.1) is 0 Å². The number of carbonyl (C=O) groups excluding carboxylic acids is 2. The molecule has 1 atom stereocenters. The maximum Gasteiger partial charge on any atom is 0.245 e. The van der Waals surface area contributed by atoms with Crippen LogP contribution in [0.15, 0.2) is 0 Å². The summed E-state index contributed by atoms with van der Waals surface area (Å²) in [5, 5.41) is 2.77. The van der Waals surface area contributed by atoms with Crippen molar-refractivity contribution in [2.24, 2.45) is 11.8 Å². The van der Waals surface area contributed by atoms with Crippen LogP contribution in [0.3, 0.4) is 0 Å². The van der Waals surface area contributed by atoms with Gasteiger partial charge in [-0.05, 0) is 24.7 Å². The average Bonchev–Trinajstić information content (AvgIpc) is 2.33. The zero-order valence-electron chi connectivity index (χ0n) is 13.1. The fraction of sp³-hybridized carbons (Fsp3) is 0.867. The van der Waals surface area contributed by atoms with E-state index in [1.54, 1.807) is 4.90 Å². The van der Waals surface area contributed by atoms with Crippen molar-refractivity contribution in [1.29, 1.82) is 0 Å². The molecule has 1 N–H and O–H groups in total. The van der Waals surface area contributed by atoms with Crippen molar-refractivity contribution in [1.82, 2.24) is 10.2 Å². The molecule has 5 nitrogen and oxygen atoms in total. The van der Waals surface area contributed by atoms with Crippen LogP contribution in [0, 0.1) is 11.8 Å². The lowest BCUT2D eigenvalue weighted by atomic mass is 10.0. The van der Waals surface area contributed by atoms with E-state index in [0.29, 0.717) is 38.0 Å². The van der Waals surface area contributed by atoms with E-state index in [0.717, 1.165) is 6.42 Å². The Kier molecular flexibility index (Phi) is 6.99. The van der Waals surface area contributed by atoms with Crippen LogP contribution in [0.2, 0.25) is 0 Å². The molecule has 1 aliphatic heterocycles. The molecule has 1 fully saturated rings. The van der Waals surface area contributed by atoms with E-state index >= 15 is 0 Å². The number of nitrogens with one attached hydrogen (secondary N) is 1. The molecule has 116 valence electrons. The zero-order chi connectivity index (χ0) is 15.1. The molecule has 1 rings (SSSR count). The molecule has 1 aliphatic rings. The minimum absolute atomic E-state index is 0.0192. The first kappa shape index (κ1) is 17.0. The Morgan fingerprint density at radius 1 is 1.20 bits per heavy atom. The molecule has 0 aromatic heterocycles. The summed E-state index contributed by atoms with van der Waals surface area (Å²) >= 11 is 0. The first-order chi connectivity index (χ1) is 9.40. The van der Waals surface area contributed by atoms with Crippen molar-refractivity contribution in [2.45, 2.75) is 46.6 Å². The lowest BCUT2D eigenvalue weighted by Crippen LogP contribution is -2.58. The Labute approximate surface area is 122 Å². The van der Waals surface area contributed by atoms with Gasteiger partial charge in [-0.3, -0.25) is 9.59 Å². The van der Waals surface area contributed by atoms with Gasteiger partial charge in [0.05, 0.1) is 13.2 Å². The normalized spacial score (nSPS) is 19.9. The number of nitrogens with zero attached hydrogens (tertiary/aromatic N) is 1. The molecule has 1 heterocycles. The minimum atomic E-state index is -0.369. The van der Waals surface area contributed by atoms with Crippen LogP contribution in [0.25, 0.3) is 0 Å². The number of amides is 2. The van der Waals surface area contributed by atoms with E-state index < -0.39 is 0 Å². The second kappa shape index (κ2) is 8.25. The maximum absolute atomic E-state index is 12.2. The second-order valence-electron chi connectivity index (χ2n) is 6.30. The molecular weight excluding hydrogens is 256 g/mol. The molecule has 1 saturated heterocycles. The maximum atomic E-state index is 12.2. The first-order valence-corrected chi connectivity index (χ1v) is 7.56. The van der Waals surface area contributed by atoms with Gasteiger partial charge in [0.1, 0.15) is 6.04 Å². The summed E-state index contributed by atoms with van der Waals surface area (Å²) in [5.41, 5.74) is 0. The van der Waals surface area contributed by atoms with Crippen molar-refractivity contribution >= 4 is 11.8 Å². The Morgan fingerprint density at radius 3 is 2.50 bits per heavy atom. The summed E-state index contributed by atoms with van der Waals surface area (Å²) in [4.78, 5) is 25.5. The predicted molar refractivity (Wildman–Crippen MR) is 78.2 cm³/mol. The van der Waals surface area contributed by atoms with Crippen LogP contribution >= 0.6 is 0 Å². The lowest BCUT2D eigenvalue weighted by molar-refractivity contribution is -0.145. The Morgan fingerprint density at radius 2 is 1.90 bits per heavy atom. The molecular formula is C15H28N2O3. The number of carbonyl (C=O) groups is 2. The van der Waals surface area contributed by atoms with Crippen molar-refractivity contribution in [2.75, 3.05) is 26.3 Å². The van der Waals surface area contributed by atoms with Gasteiger partial charge in [0.25, 0.3) is 0 Å². The molecule has 5 heteroatoms. The Balaban J connectivity index is 2.36. The minimum Gasteiger partial charge on any atom is -0.380 e. The van der Waals surface area contributed by atoms with Gasteiger partial charge in [0.15, 0.2) is 0 Å². The molecule has 1 unspecified atom stereocenters. The number of piperazine rings is 1. The van der Waals surface area contributed by atoms with Crippen molar-refractivity contribution in [3.63, 3.8) is 0 Å². The second-order valence-corrected chi connectivity index (χ2v) is 6.30. The third-order valence-electron chi connectivity index (χ3n) is 3.33. The third-order valence-corrected chi connectivity index (χ3v) is 3.33. The standard InChI is InChI=1S/C15H28N2O3/c1-11(2)5-7-20-8-6-17-10-14(18)16-13(15(17)19)9-12(3)4/h11-13H,5-10H2,1-4H3,(H,16,18). The highest BCUT2D eigenvalue weighted by molar-refractivity contribution is 5.94. The highest BCUT2D eigenvalue weighted by atomic mass is 16.5. The van der Waals surface area contributed by atoms with Gasteiger partial charge in [-0.1, -0.05) is 27.7 Å². The molecule has 20 heavy (non-hydrogen) atoms. The van der Waals surface area contributed by atoms with Crippen LogP contribution in [-0.4, -0.2) is 49.1 Å². The number of ether oxygens (including phenoxy) is 1. The fourth-order valence-electron chi connectivity index (χ4n) is 2.19. The summed E-state index contributed by atoms with van der Waals surface area (Å²) in [6, 6.07) is -0.369. The van der Waals surface area contributed by atoms with E-state index in [1.165, 1.54) is 0 Å². The molecule has 0 aromatic carbocycles. The summed E-state index contributed by atoms with van der Waals surface area (Å²) in [6.45, 7) is 10.3. The molecule has 0 saturated carbocycles. The van der Waals surface area contributed by atoms with E-state index in [4.69, 9.17) is 4.74 Å². The van der Waals surface area contributed by atoms with Crippen molar-refractivity contribution in [3.8, 4) is 0 Å².